The Hall–Kier alpha value is -2.41. The molecule has 0 aliphatic rings. The fraction of sp³-hybridized carbons (Fsp3) is 0.389. The first-order valence-electron chi connectivity index (χ1n) is 8.15. The van der Waals surface area contributed by atoms with E-state index in [-0.39, 0.29) is 23.9 Å². The van der Waals surface area contributed by atoms with Crippen molar-refractivity contribution in [3.8, 4) is 11.3 Å². The van der Waals surface area contributed by atoms with Crippen molar-refractivity contribution in [3.05, 3.63) is 40.0 Å². The Labute approximate surface area is 149 Å². The Kier molecular flexibility index (Phi) is 5.03. The summed E-state index contributed by atoms with van der Waals surface area (Å²) in [4.78, 5) is 29.9. The van der Waals surface area contributed by atoms with Gasteiger partial charge in [0.15, 0.2) is 0 Å². The molecule has 0 saturated heterocycles. The maximum atomic E-state index is 13.1. The van der Waals surface area contributed by atoms with Crippen molar-refractivity contribution in [2.24, 2.45) is 0 Å². The monoisotopic (exact) mass is 360 g/mol. The van der Waals surface area contributed by atoms with E-state index in [1.807, 2.05) is 25.3 Å². The molecule has 0 bridgehead atoms. The van der Waals surface area contributed by atoms with Crippen LogP contribution in [0.15, 0.2) is 33.0 Å². The van der Waals surface area contributed by atoms with Gasteiger partial charge in [0.05, 0.1) is 18.8 Å². The minimum Gasteiger partial charge on any atom is -0.469 e. The zero-order chi connectivity index (χ0) is 18.0. The van der Waals surface area contributed by atoms with Crippen LogP contribution >= 0.6 is 11.3 Å². The van der Waals surface area contributed by atoms with E-state index in [9.17, 15) is 9.59 Å². The van der Waals surface area contributed by atoms with Crippen molar-refractivity contribution in [2.75, 3.05) is 7.11 Å². The van der Waals surface area contributed by atoms with Crippen LogP contribution in [0.5, 0.6) is 0 Å². The molecule has 3 aromatic heterocycles. The zero-order valence-electron chi connectivity index (χ0n) is 14.4. The lowest BCUT2D eigenvalue weighted by Crippen LogP contribution is -2.26. The van der Waals surface area contributed by atoms with E-state index in [1.165, 1.54) is 18.4 Å². The lowest BCUT2D eigenvalue weighted by atomic mass is 10.1. The molecule has 0 spiro atoms. The number of nitrogens with zero attached hydrogens (tertiary/aromatic N) is 2. The summed E-state index contributed by atoms with van der Waals surface area (Å²) in [7, 11) is 1.36. The zero-order valence-corrected chi connectivity index (χ0v) is 15.3. The molecule has 3 aromatic rings. The van der Waals surface area contributed by atoms with Crippen LogP contribution in [-0.4, -0.2) is 22.6 Å². The largest absolute Gasteiger partial charge is 0.469 e. The van der Waals surface area contributed by atoms with Gasteiger partial charge in [0.2, 0.25) is 0 Å². The van der Waals surface area contributed by atoms with Gasteiger partial charge in [0.1, 0.15) is 16.4 Å². The highest BCUT2D eigenvalue weighted by Gasteiger charge is 2.19. The van der Waals surface area contributed by atoms with Gasteiger partial charge in [-0.25, -0.2) is 4.98 Å². The molecule has 0 aromatic carbocycles. The van der Waals surface area contributed by atoms with Gasteiger partial charge in [0, 0.05) is 29.8 Å². The molecule has 0 N–H and O–H groups in total. The molecule has 0 amide bonds. The lowest BCUT2D eigenvalue weighted by molar-refractivity contribution is -0.140. The molecule has 0 aliphatic heterocycles. The molecule has 25 heavy (non-hydrogen) atoms. The smallest absolute Gasteiger partial charge is 0.305 e. The predicted molar refractivity (Wildman–Crippen MR) is 96.9 cm³/mol. The Morgan fingerprint density at radius 3 is 2.88 bits per heavy atom. The van der Waals surface area contributed by atoms with Crippen LogP contribution in [0.2, 0.25) is 0 Å². The van der Waals surface area contributed by atoms with E-state index in [1.54, 1.807) is 16.9 Å². The Morgan fingerprint density at radius 2 is 2.24 bits per heavy atom. The third kappa shape index (κ3) is 3.37. The van der Waals surface area contributed by atoms with Crippen LogP contribution < -0.4 is 5.56 Å². The normalized spacial score (nSPS) is 11.4. The summed E-state index contributed by atoms with van der Waals surface area (Å²) in [6, 6.07) is 3.63. The number of aromatic nitrogens is 2. The number of carbonyl (C=O) groups excluding carboxylic acids is 1. The van der Waals surface area contributed by atoms with Gasteiger partial charge in [-0.05, 0) is 18.6 Å². The first-order chi connectivity index (χ1) is 12.0. The summed E-state index contributed by atoms with van der Waals surface area (Å²) in [5, 5.41) is 2.48. The van der Waals surface area contributed by atoms with E-state index in [4.69, 9.17) is 9.40 Å². The summed E-state index contributed by atoms with van der Waals surface area (Å²) in [5.41, 5.74) is 0.672. The summed E-state index contributed by atoms with van der Waals surface area (Å²) < 4.78 is 11.8. The molecular formula is C18H20N2O4S. The van der Waals surface area contributed by atoms with Gasteiger partial charge in [-0.15, -0.1) is 11.3 Å². The molecular weight excluding hydrogens is 340 g/mol. The predicted octanol–water partition coefficient (Wildman–Crippen LogP) is 3.79. The molecule has 0 fully saturated rings. The second-order valence-electron chi connectivity index (χ2n) is 6.07. The van der Waals surface area contributed by atoms with Gasteiger partial charge in [-0.1, -0.05) is 13.8 Å². The van der Waals surface area contributed by atoms with Crippen molar-refractivity contribution in [1.29, 1.82) is 0 Å². The second kappa shape index (κ2) is 7.23. The van der Waals surface area contributed by atoms with E-state index < -0.39 is 0 Å². The number of furan rings is 1. The number of hydrogen-bond acceptors (Lipinski definition) is 6. The first-order valence-corrected chi connectivity index (χ1v) is 9.03. The summed E-state index contributed by atoms with van der Waals surface area (Å²) in [6.45, 7) is 4.44. The average Bonchev–Trinajstić information content (AvgIpc) is 3.24. The number of fused-ring (bicyclic) bond motifs is 1. The number of methoxy groups -OCH3 is 1. The fourth-order valence-corrected chi connectivity index (χ4v) is 3.72. The van der Waals surface area contributed by atoms with Crippen molar-refractivity contribution in [1.82, 2.24) is 9.55 Å². The van der Waals surface area contributed by atoms with Gasteiger partial charge in [0.25, 0.3) is 5.56 Å². The topological polar surface area (TPSA) is 74.3 Å². The maximum Gasteiger partial charge on any atom is 0.305 e. The third-order valence-corrected chi connectivity index (χ3v) is 4.89. The molecule has 3 rings (SSSR count). The molecule has 0 radical (unpaired) electrons. The SMILES string of the molecule is COC(=O)CCCn1c(C(C)C)nc2scc(-c3ccco3)c2c1=O. The van der Waals surface area contributed by atoms with Gasteiger partial charge in [-0.2, -0.15) is 0 Å². The molecule has 6 nitrogen and oxygen atoms in total. The number of rotatable bonds is 6. The van der Waals surface area contributed by atoms with E-state index in [0.717, 1.165) is 11.4 Å². The summed E-state index contributed by atoms with van der Waals surface area (Å²) in [5.74, 6) is 1.21. The average molecular weight is 360 g/mol. The Bertz CT molecular complexity index is 938. The molecule has 132 valence electrons. The highest BCUT2D eigenvalue weighted by molar-refractivity contribution is 7.17. The Morgan fingerprint density at radius 1 is 1.44 bits per heavy atom. The third-order valence-electron chi connectivity index (χ3n) is 4.02. The van der Waals surface area contributed by atoms with Gasteiger partial charge >= 0.3 is 5.97 Å². The highest BCUT2D eigenvalue weighted by atomic mass is 32.1. The number of ether oxygens (including phenoxy) is 1. The van der Waals surface area contributed by atoms with Gasteiger partial charge in [-0.3, -0.25) is 14.2 Å². The van der Waals surface area contributed by atoms with Crippen LogP contribution in [0.25, 0.3) is 21.5 Å². The first kappa shape index (κ1) is 17.4. The van der Waals surface area contributed by atoms with E-state index in [2.05, 4.69) is 4.74 Å². The van der Waals surface area contributed by atoms with Crippen molar-refractivity contribution < 1.29 is 13.9 Å². The van der Waals surface area contributed by atoms with Crippen LogP contribution in [0.1, 0.15) is 38.4 Å². The summed E-state index contributed by atoms with van der Waals surface area (Å²) in [6.07, 6.45) is 2.39. The molecule has 0 atom stereocenters. The molecule has 0 aliphatic carbocycles. The molecule has 7 heteroatoms. The van der Waals surface area contributed by atoms with Crippen LogP contribution in [0.4, 0.5) is 0 Å². The molecule has 0 unspecified atom stereocenters. The second-order valence-corrected chi connectivity index (χ2v) is 6.93. The number of thiophene rings is 1. The van der Waals surface area contributed by atoms with Crippen LogP contribution in [-0.2, 0) is 16.1 Å². The lowest BCUT2D eigenvalue weighted by Gasteiger charge is -2.15. The van der Waals surface area contributed by atoms with E-state index in [0.29, 0.717) is 28.9 Å². The standard InChI is InChI=1S/C18H20N2O4S/c1-11(2)16-19-17-15(12(10-25-17)13-6-5-9-24-13)18(22)20(16)8-4-7-14(21)23-3/h5-6,9-11H,4,7-8H2,1-3H3. The van der Waals surface area contributed by atoms with Crippen LogP contribution in [0, 0.1) is 0 Å². The minimum absolute atomic E-state index is 0.0915. The van der Waals surface area contributed by atoms with Gasteiger partial charge < -0.3 is 9.15 Å². The maximum absolute atomic E-state index is 13.1. The molecule has 0 saturated carbocycles. The highest BCUT2D eigenvalue weighted by Crippen LogP contribution is 2.32. The Balaban J connectivity index is 2.08. The number of hydrogen-bond donors (Lipinski definition) is 0. The molecule has 3 heterocycles. The van der Waals surface area contributed by atoms with Crippen molar-refractivity contribution in [3.63, 3.8) is 0 Å². The minimum atomic E-state index is -0.278. The summed E-state index contributed by atoms with van der Waals surface area (Å²) >= 11 is 1.44. The number of esters is 1. The van der Waals surface area contributed by atoms with Crippen molar-refractivity contribution in [2.45, 2.75) is 39.2 Å². The quantitative estimate of drug-likeness (QED) is 0.625. The van der Waals surface area contributed by atoms with Crippen molar-refractivity contribution >= 4 is 27.5 Å². The van der Waals surface area contributed by atoms with E-state index >= 15 is 0 Å². The fourth-order valence-electron chi connectivity index (χ4n) is 2.79. The number of carbonyl (C=O) groups is 1. The van der Waals surface area contributed by atoms with Crippen LogP contribution in [0.3, 0.4) is 0 Å².